The van der Waals surface area contributed by atoms with E-state index in [0.29, 0.717) is 29.4 Å². The van der Waals surface area contributed by atoms with E-state index >= 15 is 0 Å². The van der Waals surface area contributed by atoms with Gasteiger partial charge in [0.1, 0.15) is 23.3 Å². The zero-order valence-electron chi connectivity index (χ0n) is 15.3. The second-order valence-electron chi connectivity index (χ2n) is 6.60. The van der Waals surface area contributed by atoms with Crippen molar-refractivity contribution in [1.82, 2.24) is 9.97 Å². The Morgan fingerprint density at radius 3 is 2.81 bits per heavy atom. The van der Waals surface area contributed by atoms with Crippen LogP contribution in [0.2, 0.25) is 5.15 Å². The molecular formula is C17H21ClN6O3. The molecule has 1 amide bonds. The number of pyridine rings is 1. The fraction of sp³-hybridized carbons (Fsp3) is 0.412. The molecule has 1 aliphatic heterocycles. The molecule has 9 nitrogen and oxygen atoms in total. The van der Waals surface area contributed by atoms with Crippen molar-refractivity contribution in [2.24, 2.45) is 5.73 Å². The first-order valence-corrected chi connectivity index (χ1v) is 8.73. The summed E-state index contributed by atoms with van der Waals surface area (Å²) in [6.45, 7) is 4.31. The first kappa shape index (κ1) is 19.0. The summed E-state index contributed by atoms with van der Waals surface area (Å²) in [4.78, 5) is 21.6. The Bertz CT molecular complexity index is 920. The highest BCUT2D eigenvalue weighted by atomic mass is 35.5. The minimum absolute atomic E-state index is 0.0247. The van der Waals surface area contributed by atoms with Crippen LogP contribution in [0.3, 0.4) is 0 Å². The summed E-state index contributed by atoms with van der Waals surface area (Å²) in [5.74, 6) is 0.478. The topological polar surface area (TPSA) is 134 Å². The van der Waals surface area contributed by atoms with Gasteiger partial charge in [-0.2, -0.15) is 9.71 Å². The van der Waals surface area contributed by atoms with Crippen LogP contribution in [-0.4, -0.2) is 29.5 Å². The zero-order chi connectivity index (χ0) is 19.9. The van der Waals surface area contributed by atoms with Gasteiger partial charge in [-0.05, 0) is 13.8 Å². The van der Waals surface area contributed by atoms with Gasteiger partial charge in [-0.3, -0.25) is 4.79 Å². The number of carbonyl (C=O) groups excluding carboxylic acids is 1. The number of anilines is 2. The molecule has 0 aromatic carbocycles. The number of methoxy groups -OCH3 is 1. The van der Waals surface area contributed by atoms with Crippen LogP contribution in [0.1, 0.15) is 34.7 Å². The highest BCUT2D eigenvalue weighted by molar-refractivity contribution is 6.30. The number of hydrogen-bond acceptors (Lipinski definition) is 7. The smallest absolute Gasteiger partial charge is 0.223 e. The fourth-order valence-corrected chi connectivity index (χ4v) is 3.94. The van der Waals surface area contributed by atoms with Crippen LogP contribution in [0.5, 0.6) is 5.75 Å². The number of aryl methyl sites for hydroxylation is 1. The molecule has 2 aromatic heterocycles. The van der Waals surface area contributed by atoms with Crippen LogP contribution < -0.4 is 25.8 Å². The maximum Gasteiger partial charge on any atom is 0.223 e. The lowest BCUT2D eigenvalue weighted by atomic mass is 10.0. The Morgan fingerprint density at radius 2 is 2.19 bits per heavy atom. The van der Waals surface area contributed by atoms with E-state index in [-0.39, 0.29) is 30.0 Å². The molecule has 0 aliphatic carbocycles. The van der Waals surface area contributed by atoms with Crippen molar-refractivity contribution in [2.45, 2.75) is 32.7 Å². The Morgan fingerprint density at radius 1 is 1.48 bits per heavy atom. The lowest BCUT2D eigenvalue weighted by molar-refractivity contribution is -0.614. The molecule has 2 aromatic rings. The van der Waals surface area contributed by atoms with E-state index in [2.05, 4.69) is 9.97 Å². The van der Waals surface area contributed by atoms with Crippen molar-refractivity contribution in [1.29, 1.82) is 0 Å². The summed E-state index contributed by atoms with van der Waals surface area (Å²) in [5.41, 5.74) is 13.7. The summed E-state index contributed by atoms with van der Waals surface area (Å²) >= 11 is 6.26. The van der Waals surface area contributed by atoms with Gasteiger partial charge >= 0.3 is 0 Å². The monoisotopic (exact) mass is 392 g/mol. The molecule has 0 spiro atoms. The van der Waals surface area contributed by atoms with Crippen molar-refractivity contribution in [3.05, 3.63) is 38.9 Å². The highest BCUT2D eigenvalue weighted by Crippen LogP contribution is 2.41. The number of ether oxygens (including phenoxy) is 1. The number of rotatable bonds is 5. The van der Waals surface area contributed by atoms with Crippen molar-refractivity contribution >= 4 is 29.3 Å². The van der Waals surface area contributed by atoms with Crippen LogP contribution in [0.4, 0.5) is 11.8 Å². The van der Waals surface area contributed by atoms with E-state index in [1.54, 1.807) is 7.11 Å². The number of hydrogen-bond donors (Lipinski definition) is 2. The number of fused-ring (bicyclic) bond motifs is 1. The van der Waals surface area contributed by atoms with Crippen LogP contribution in [0, 0.1) is 19.1 Å². The predicted molar refractivity (Wildman–Crippen MR) is 100 cm³/mol. The van der Waals surface area contributed by atoms with Crippen LogP contribution >= 0.6 is 11.6 Å². The second-order valence-corrected chi connectivity index (χ2v) is 6.96. The summed E-state index contributed by atoms with van der Waals surface area (Å²) in [6, 6.07) is 0. The maximum absolute atomic E-state index is 12.5. The number of halogens is 1. The molecular weight excluding hydrogens is 372 g/mol. The van der Waals surface area contributed by atoms with Crippen molar-refractivity contribution in [2.75, 3.05) is 24.3 Å². The maximum atomic E-state index is 12.5. The molecule has 0 bridgehead atoms. The third-order valence-corrected chi connectivity index (χ3v) is 5.03. The van der Waals surface area contributed by atoms with Crippen LogP contribution in [0.25, 0.3) is 0 Å². The third kappa shape index (κ3) is 3.42. The van der Waals surface area contributed by atoms with Gasteiger partial charge in [0.05, 0.1) is 18.2 Å². The quantitative estimate of drug-likeness (QED) is 0.439. The molecule has 4 N–H and O–H groups in total. The number of nitrogen functional groups attached to an aromatic ring is 1. The molecule has 0 fully saturated rings. The third-order valence-electron chi connectivity index (χ3n) is 4.75. The van der Waals surface area contributed by atoms with Gasteiger partial charge in [-0.1, -0.05) is 11.6 Å². The summed E-state index contributed by atoms with van der Waals surface area (Å²) < 4.78 is 6.24. The van der Waals surface area contributed by atoms with Gasteiger partial charge < -0.3 is 26.3 Å². The Labute approximate surface area is 161 Å². The zero-order valence-corrected chi connectivity index (χ0v) is 16.1. The average molecular weight is 393 g/mol. The van der Waals surface area contributed by atoms with Crippen LogP contribution in [-0.2, 0) is 11.3 Å². The number of nitrogens with zero attached hydrogens (tertiary/aromatic N) is 4. The number of nitrogens with two attached hydrogens (primary N) is 2. The van der Waals surface area contributed by atoms with E-state index < -0.39 is 5.91 Å². The fourth-order valence-electron chi connectivity index (χ4n) is 3.62. The lowest BCUT2D eigenvalue weighted by Gasteiger charge is -2.20. The number of primary amides is 1. The number of amides is 1. The van der Waals surface area contributed by atoms with E-state index in [1.165, 1.54) is 6.20 Å². The minimum atomic E-state index is -0.451. The molecule has 0 saturated heterocycles. The predicted octanol–water partition coefficient (Wildman–Crippen LogP) is 0.950. The van der Waals surface area contributed by atoms with Gasteiger partial charge in [0.2, 0.25) is 17.5 Å². The van der Waals surface area contributed by atoms with E-state index in [1.807, 2.05) is 18.7 Å². The van der Waals surface area contributed by atoms with Gasteiger partial charge in [-0.25, -0.2) is 4.98 Å². The van der Waals surface area contributed by atoms with E-state index in [4.69, 9.17) is 27.8 Å². The normalized spacial score (nSPS) is 15.7. The molecule has 27 heavy (non-hydrogen) atoms. The largest absolute Gasteiger partial charge is 0.618 e. The summed E-state index contributed by atoms with van der Waals surface area (Å²) in [5, 5.41) is 12.7. The molecule has 1 aliphatic rings. The first-order valence-electron chi connectivity index (χ1n) is 8.35. The van der Waals surface area contributed by atoms with Crippen LogP contribution in [0.15, 0.2) is 6.20 Å². The molecule has 3 heterocycles. The molecule has 144 valence electrons. The summed E-state index contributed by atoms with van der Waals surface area (Å²) in [6.07, 6.45) is 1.57. The molecule has 10 heteroatoms. The van der Waals surface area contributed by atoms with Gasteiger partial charge in [-0.15, -0.1) is 0 Å². The van der Waals surface area contributed by atoms with Gasteiger partial charge in [0.15, 0.2) is 6.20 Å². The Balaban J connectivity index is 2.04. The summed E-state index contributed by atoms with van der Waals surface area (Å²) in [7, 11) is 1.57. The number of aromatic nitrogens is 3. The SMILES string of the molecule is COc1c(C)c[n+]([O-])c(CN2CC(CC(N)=O)c3c(Cl)nc(N)nc32)c1C. The van der Waals surface area contributed by atoms with Gasteiger partial charge in [0.25, 0.3) is 0 Å². The molecule has 0 saturated carbocycles. The van der Waals surface area contributed by atoms with Crippen molar-refractivity contribution in [3.63, 3.8) is 0 Å². The minimum Gasteiger partial charge on any atom is -0.618 e. The molecule has 3 rings (SSSR count). The second kappa shape index (κ2) is 7.07. The van der Waals surface area contributed by atoms with Crippen molar-refractivity contribution < 1.29 is 14.3 Å². The Kier molecular flexibility index (Phi) is 4.97. The van der Waals surface area contributed by atoms with E-state index in [0.717, 1.165) is 15.9 Å². The first-order chi connectivity index (χ1) is 12.7. The molecule has 1 atom stereocenters. The van der Waals surface area contributed by atoms with E-state index in [9.17, 15) is 10.0 Å². The number of carbonyl (C=O) groups is 1. The lowest BCUT2D eigenvalue weighted by Crippen LogP contribution is -2.38. The molecule has 1 unspecified atom stereocenters. The average Bonchev–Trinajstić information content (AvgIpc) is 2.88. The highest BCUT2D eigenvalue weighted by Gasteiger charge is 2.36. The van der Waals surface area contributed by atoms with Crippen molar-refractivity contribution in [3.8, 4) is 5.75 Å². The van der Waals surface area contributed by atoms with Gasteiger partial charge in [0, 0.05) is 24.4 Å². The standard InChI is InChI=1S/C17H21ClN6O3/c1-8-5-24(26)11(9(2)14(8)27-3)7-23-6-10(4-12(19)25)13-15(18)21-17(20)22-16(13)23/h5,10H,4,6-7H2,1-3H3,(H2,19,25)(H2,20,21,22). The Hall–Kier alpha value is -2.81. The molecule has 0 radical (unpaired) electrons.